The van der Waals surface area contributed by atoms with Gasteiger partial charge in [-0.1, -0.05) is 13.8 Å². The van der Waals surface area contributed by atoms with Crippen LogP contribution < -0.4 is 0 Å². The normalized spacial score (nSPS) is 32.0. The second kappa shape index (κ2) is 4.36. The molecule has 0 aromatic heterocycles. The first-order valence-electron chi connectivity index (χ1n) is 6.51. The van der Waals surface area contributed by atoms with Crippen LogP contribution in [-0.4, -0.2) is 48.9 Å². The molecule has 16 heavy (non-hydrogen) atoms. The zero-order valence-corrected chi connectivity index (χ0v) is 10.8. The van der Waals surface area contributed by atoms with Crippen molar-refractivity contribution in [1.29, 1.82) is 0 Å². The first-order chi connectivity index (χ1) is 7.53. The van der Waals surface area contributed by atoms with E-state index in [9.17, 15) is 4.79 Å². The number of hydrogen-bond donors (Lipinski definition) is 0. The first-order valence-corrected chi connectivity index (χ1v) is 6.51. The molecule has 0 unspecified atom stereocenters. The summed E-state index contributed by atoms with van der Waals surface area (Å²) >= 11 is 0. The van der Waals surface area contributed by atoms with E-state index in [0.29, 0.717) is 11.8 Å². The van der Waals surface area contributed by atoms with Gasteiger partial charge in [-0.05, 0) is 31.7 Å². The van der Waals surface area contributed by atoms with Gasteiger partial charge in [-0.15, -0.1) is 0 Å². The van der Waals surface area contributed by atoms with Gasteiger partial charge in [0, 0.05) is 26.7 Å². The fraction of sp³-hybridized carbons (Fsp3) is 0.923. The molecule has 0 radical (unpaired) electrons. The zero-order chi connectivity index (χ0) is 11.8. The highest BCUT2D eigenvalue weighted by atomic mass is 16.2. The molecule has 0 saturated carbocycles. The van der Waals surface area contributed by atoms with E-state index in [-0.39, 0.29) is 5.41 Å². The molecule has 1 atom stereocenters. The van der Waals surface area contributed by atoms with Crippen molar-refractivity contribution in [3.05, 3.63) is 0 Å². The molecule has 2 aliphatic rings. The summed E-state index contributed by atoms with van der Waals surface area (Å²) in [5, 5.41) is 0. The number of amides is 1. The molecule has 0 aromatic carbocycles. The number of nitrogens with zero attached hydrogens (tertiary/aromatic N) is 2. The van der Waals surface area contributed by atoms with Gasteiger partial charge in [-0.2, -0.15) is 0 Å². The molecule has 3 heteroatoms. The van der Waals surface area contributed by atoms with Gasteiger partial charge >= 0.3 is 0 Å². The molecule has 1 spiro atoms. The van der Waals surface area contributed by atoms with E-state index in [1.54, 1.807) is 0 Å². The highest BCUT2D eigenvalue weighted by molar-refractivity contribution is 5.85. The Labute approximate surface area is 98.8 Å². The molecule has 92 valence electrons. The quantitative estimate of drug-likeness (QED) is 0.711. The molecular formula is C13H24N2O. The highest BCUT2D eigenvalue weighted by Crippen LogP contribution is 2.39. The van der Waals surface area contributed by atoms with Crippen molar-refractivity contribution in [1.82, 2.24) is 9.80 Å². The molecule has 2 rings (SSSR count). The molecule has 0 bridgehead atoms. The summed E-state index contributed by atoms with van der Waals surface area (Å²) in [6.07, 6.45) is 3.36. The van der Waals surface area contributed by atoms with Crippen molar-refractivity contribution in [3.8, 4) is 0 Å². The Hall–Kier alpha value is -0.570. The van der Waals surface area contributed by atoms with Crippen LogP contribution in [0.25, 0.3) is 0 Å². The lowest BCUT2D eigenvalue weighted by molar-refractivity contribution is -0.137. The Kier molecular flexibility index (Phi) is 3.24. The number of rotatable bonds is 2. The third-order valence-corrected chi connectivity index (χ3v) is 4.01. The van der Waals surface area contributed by atoms with Crippen LogP contribution in [0.2, 0.25) is 0 Å². The largest absolute Gasteiger partial charge is 0.345 e. The minimum Gasteiger partial charge on any atom is -0.345 e. The molecule has 2 aliphatic heterocycles. The standard InChI is InChI=1S/C13H24N2O/c1-11(2)9-15-7-4-5-13(10-15)6-8-14(3)12(13)16/h11H,4-10H2,1-3H3/t13-/m1/s1. The zero-order valence-electron chi connectivity index (χ0n) is 10.8. The average molecular weight is 224 g/mol. The maximum absolute atomic E-state index is 12.2. The summed E-state index contributed by atoms with van der Waals surface area (Å²) in [6.45, 7) is 8.77. The van der Waals surface area contributed by atoms with Crippen molar-refractivity contribution in [3.63, 3.8) is 0 Å². The Bertz CT molecular complexity index is 273. The van der Waals surface area contributed by atoms with E-state index in [1.807, 2.05) is 11.9 Å². The van der Waals surface area contributed by atoms with E-state index in [4.69, 9.17) is 0 Å². The minimum absolute atomic E-state index is 0.0259. The predicted molar refractivity (Wildman–Crippen MR) is 65.2 cm³/mol. The molecule has 0 N–H and O–H groups in total. The van der Waals surface area contributed by atoms with Crippen LogP contribution in [0, 0.1) is 11.3 Å². The number of likely N-dealkylation sites (tertiary alicyclic amines) is 2. The Morgan fingerprint density at radius 2 is 2.06 bits per heavy atom. The van der Waals surface area contributed by atoms with Gasteiger partial charge in [0.15, 0.2) is 0 Å². The van der Waals surface area contributed by atoms with Crippen LogP contribution in [0.4, 0.5) is 0 Å². The summed E-state index contributed by atoms with van der Waals surface area (Å²) in [4.78, 5) is 16.6. The van der Waals surface area contributed by atoms with E-state index in [1.165, 1.54) is 13.0 Å². The highest BCUT2D eigenvalue weighted by Gasteiger charge is 2.47. The van der Waals surface area contributed by atoms with E-state index in [2.05, 4.69) is 18.7 Å². The van der Waals surface area contributed by atoms with Crippen LogP contribution in [-0.2, 0) is 4.79 Å². The van der Waals surface area contributed by atoms with Gasteiger partial charge < -0.3 is 9.80 Å². The van der Waals surface area contributed by atoms with Crippen molar-refractivity contribution in [2.75, 3.05) is 33.2 Å². The van der Waals surface area contributed by atoms with Crippen LogP contribution in [0.1, 0.15) is 33.1 Å². The minimum atomic E-state index is -0.0259. The lowest BCUT2D eigenvalue weighted by Crippen LogP contribution is -2.48. The smallest absolute Gasteiger partial charge is 0.229 e. The molecule has 2 saturated heterocycles. The summed E-state index contributed by atoms with van der Waals surface area (Å²) in [6, 6.07) is 0. The third-order valence-electron chi connectivity index (χ3n) is 4.01. The number of carbonyl (C=O) groups is 1. The van der Waals surface area contributed by atoms with E-state index < -0.39 is 0 Å². The maximum atomic E-state index is 12.2. The van der Waals surface area contributed by atoms with Crippen LogP contribution in [0.15, 0.2) is 0 Å². The van der Waals surface area contributed by atoms with Gasteiger partial charge in [0.25, 0.3) is 0 Å². The Morgan fingerprint density at radius 1 is 1.31 bits per heavy atom. The van der Waals surface area contributed by atoms with E-state index in [0.717, 1.165) is 32.5 Å². The van der Waals surface area contributed by atoms with Crippen LogP contribution in [0.3, 0.4) is 0 Å². The monoisotopic (exact) mass is 224 g/mol. The lowest BCUT2D eigenvalue weighted by Gasteiger charge is -2.39. The number of hydrogen-bond acceptors (Lipinski definition) is 2. The number of piperidine rings is 1. The van der Waals surface area contributed by atoms with Gasteiger partial charge in [0.1, 0.15) is 0 Å². The topological polar surface area (TPSA) is 23.6 Å². The summed E-state index contributed by atoms with van der Waals surface area (Å²) in [5.74, 6) is 1.09. The molecule has 2 heterocycles. The molecule has 0 aliphatic carbocycles. The third kappa shape index (κ3) is 2.10. The summed E-state index contributed by atoms with van der Waals surface area (Å²) < 4.78 is 0. The predicted octanol–water partition coefficient (Wildman–Crippen LogP) is 1.59. The fourth-order valence-electron chi connectivity index (χ4n) is 3.27. The second-order valence-corrected chi connectivity index (χ2v) is 5.99. The lowest BCUT2D eigenvalue weighted by atomic mass is 9.78. The van der Waals surface area contributed by atoms with Gasteiger partial charge in [-0.25, -0.2) is 0 Å². The Balaban J connectivity index is 2.03. The molecular weight excluding hydrogens is 200 g/mol. The molecule has 1 amide bonds. The van der Waals surface area contributed by atoms with Gasteiger partial charge in [0.2, 0.25) is 5.91 Å². The molecule has 3 nitrogen and oxygen atoms in total. The van der Waals surface area contributed by atoms with Gasteiger partial charge in [0.05, 0.1) is 5.41 Å². The SMILES string of the molecule is CC(C)CN1CCC[C@@]2(CCN(C)C2=O)C1. The van der Waals surface area contributed by atoms with E-state index >= 15 is 0 Å². The molecule has 2 fully saturated rings. The van der Waals surface area contributed by atoms with Crippen molar-refractivity contribution in [2.24, 2.45) is 11.3 Å². The van der Waals surface area contributed by atoms with Crippen molar-refractivity contribution >= 4 is 5.91 Å². The van der Waals surface area contributed by atoms with Gasteiger partial charge in [-0.3, -0.25) is 4.79 Å². The summed E-state index contributed by atoms with van der Waals surface area (Å²) in [5.41, 5.74) is -0.0259. The van der Waals surface area contributed by atoms with Crippen molar-refractivity contribution < 1.29 is 4.79 Å². The van der Waals surface area contributed by atoms with Crippen molar-refractivity contribution in [2.45, 2.75) is 33.1 Å². The first kappa shape index (κ1) is 11.9. The molecule has 0 aromatic rings. The summed E-state index contributed by atoms with van der Waals surface area (Å²) in [7, 11) is 1.94. The maximum Gasteiger partial charge on any atom is 0.229 e. The second-order valence-electron chi connectivity index (χ2n) is 5.99. The van der Waals surface area contributed by atoms with Crippen LogP contribution in [0.5, 0.6) is 0 Å². The number of carbonyl (C=O) groups excluding carboxylic acids is 1. The fourth-order valence-corrected chi connectivity index (χ4v) is 3.27. The Morgan fingerprint density at radius 3 is 2.62 bits per heavy atom. The van der Waals surface area contributed by atoms with Crippen LogP contribution >= 0.6 is 0 Å². The average Bonchev–Trinajstić information content (AvgIpc) is 2.47.